The molecule has 1 aromatic heterocycles. The zero-order valence-corrected chi connectivity index (χ0v) is 9.66. The number of hydrogen-bond donors (Lipinski definition) is 1. The average molecular weight is 227 g/mol. The summed E-state index contributed by atoms with van der Waals surface area (Å²) in [6, 6.07) is 5.99. The van der Waals surface area contributed by atoms with Crippen LogP contribution in [0.4, 0.5) is 0 Å². The predicted molar refractivity (Wildman–Crippen MR) is 64.5 cm³/mol. The predicted octanol–water partition coefficient (Wildman–Crippen LogP) is 2.59. The fourth-order valence-electron chi connectivity index (χ4n) is 2.66. The second-order valence-electron chi connectivity index (χ2n) is 4.64. The van der Waals surface area contributed by atoms with Gasteiger partial charge in [0.25, 0.3) is 0 Å². The van der Waals surface area contributed by atoms with Crippen molar-refractivity contribution in [1.82, 2.24) is 10.2 Å². The third-order valence-corrected chi connectivity index (χ3v) is 3.70. The minimum atomic E-state index is -0.351. The molecule has 0 spiro atoms. The molecular formula is C13H13N3O. The van der Waals surface area contributed by atoms with E-state index in [1.807, 2.05) is 25.1 Å². The first kappa shape index (κ1) is 10.2. The molecule has 1 fully saturated rings. The van der Waals surface area contributed by atoms with Gasteiger partial charge in [0.05, 0.1) is 11.1 Å². The summed E-state index contributed by atoms with van der Waals surface area (Å²) in [5, 5.41) is 8.34. The normalized spacial score (nSPS) is 17.5. The Morgan fingerprint density at radius 3 is 2.94 bits per heavy atom. The highest BCUT2D eigenvalue weighted by atomic mass is 16.1. The molecule has 1 aliphatic carbocycles. The highest BCUT2D eigenvalue weighted by Gasteiger charge is 2.40. The molecule has 2 aromatic rings. The lowest BCUT2D eigenvalue weighted by atomic mass is 9.71. The van der Waals surface area contributed by atoms with E-state index in [1.54, 1.807) is 6.08 Å². The van der Waals surface area contributed by atoms with Crippen molar-refractivity contribution in [2.75, 3.05) is 0 Å². The van der Waals surface area contributed by atoms with E-state index >= 15 is 0 Å². The van der Waals surface area contributed by atoms with Crippen molar-refractivity contribution >= 4 is 17.0 Å². The van der Waals surface area contributed by atoms with Crippen LogP contribution in [0.3, 0.4) is 0 Å². The van der Waals surface area contributed by atoms with E-state index in [0.717, 1.165) is 41.4 Å². The second kappa shape index (κ2) is 3.54. The standard InChI is InChI=1S/C13H13N3O/c1-9-12-10(4-2-5-11(12)16-15-9)13(14-8-17)6-3-7-13/h2,4-5H,3,6-7H2,1H3,(H,15,16). The van der Waals surface area contributed by atoms with Crippen LogP contribution >= 0.6 is 0 Å². The molecule has 0 bridgehead atoms. The third-order valence-electron chi connectivity index (χ3n) is 3.70. The van der Waals surface area contributed by atoms with Crippen LogP contribution in [-0.2, 0) is 10.3 Å². The second-order valence-corrected chi connectivity index (χ2v) is 4.64. The molecule has 1 aliphatic rings. The Labute approximate surface area is 98.8 Å². The lowest BCUT2D eigenvalue weighted by Crippen LogP contribution is -2.32. The number of isocyanates is 1. The SMILES string of the molecule is Cc1[nH]nc2cccc(C3(N=C=O)CCC3)c12. The molecule has 86 valence electrons. The van der Waals surface area contributed by atoms with Gasteiger partial charge in [0, 0.05) is 11.1 Å². The topological polar surface area (TPSA) is 58.1 Å². The first-order valence-electron chi connectivity index (χ1n) is 5.80. The lowest BCUT2D eigenvalue weighted by molar-refractivity contribution is 0.258. The van der Waals surface area contributed by atoms with Crippen molar-refractivity contribution in [3.05, 3.63) is 29.5 Å². The summed E-state index contributed by atoms with van der Waals surface area (Å²) < 4.78 is 0. The molecule has 1 heterocycles. The van der Waals surface area contributed by atoms with Crippen LogP contribution < -0.4 is 0 Å². The number of aromatic nitrogens is 2. The Balaban J connectivity index is 2.29. The molecule has 0 radical (unpaired) electrons. The van der Waals surface area contributed by atoms with Gasteiger partial charge in [0.2, 0.25) is 6.08 Å². The fourth-order valence-corrected chi connectivity index (χ4v) is 2.66. The fraction of sp³-hybridized carbons (Fsp3) is 0.385. The Hall–Kier alpha value is -1.93. The number of H-pyrrole nitrogens is 1. The van der Waals surface area contributed by atoms with Gasteiger partial charge in [-0.1, -0.05) is 12.1 Å². The lowest BCUT2D eigenvalue weighted by Gasteiger charge is -2.37. The zero-order valence-electron chi connectivity index (χ0n) is 9.66. The summed E-state index contributed by atoms with van der Waals surface area (Å²) in [5.74, 6) is 0. The minimum Gasteiger partial charge on any atom is -0.282 e. The van der Waals surface area contributed by atoms with Crippen molar-refractivity contribution in [3.63, 3.8) is 0 Å². The summed E-state index contributed by atoms with van der Waals surface area (Å²) in [6.45, 7) is 2.00. The van der Waals surface area contributed by atoms with E-state index in [1.165, 1.54) is 0 Å². The maximum Gasteiger partial charge on any atom is 0.235 e. The summed E-state index contributed by atoms with van der Waals surface area (Å²) >= 11 is 0. The first-order valence-corrected chi connectivity index (χ1v) is 5.80. The van der Waals surface area contributed by atoms with Gasteiger partial charge in [-0.25, -0.2) is 4.79 Å². The van der Waals surface area contributed by atoms with Gasteiger partial charge in [-0.15, -0.1) is 0 Å². The maximum atomic E-state index is 10.6. The zero-order chi connectivity index (χ0) is 11.9. The molecule has 1 saturated carbocycles. The van der Waals surface area contributed by atoms with Crippen LogP contribution in [0.1, 0.15) is 30.5 Å². The maximum absolute atomic E-state index is 10.6. The molecule has 17 heavy (non-hydrogen) atoms. The quantitative estimate of drug-likeness (QED) is 0.633. The van der Waals surface area contributed by atoms with Gasteiger partial charge < -0.3 is 0 Å². The van der Waals surface area contributed by atoms with Crippen molar-refractivity contribution in [2.45, 2.75) is 31.7 Å². The van der Waals surface area contributed by atoms with Gasteiger partial charge in [-0.3, -0.25) is 5.10 Å². The average Bonchev–Trinajstić information content (AvgIpc) is 2.66. The van der Waals surface area contributed by atoms with Gasteiger partial charge in [-0.2, -0.15) is 10.1 Å². The first-order chi connectivity index (χ1) is 8.27. The molecule has 0 atom stereocenters. The Bertz CT molecular complexity index is 619. The van der Waals surface area contributed by atoms with Gasteiger partial charge in [0.1, 0.15) is 0 Å². The molecule has 0 amide bonds. The van der Waals surface area contributed by atoms with Crippen LogP contribution in [0.25, 0.3) is 10.9 Å². The van der Waals surface area contributed by atoms with E-state index in [-0.39, 0.29) is 5.54 Å². The smallest absolute Gasteiger partial charge is 0.235 e. The van der Waals surface area contributed by atoms with E-state index in [9.17, 15) is 4.79 Å². The highest BCUT2D eigenvalue weighted by Crippen LogP contribution is 2.47. The van der Waals surface area contributed by atoms with E-state index in [4.69, 9.17) is 0 Å². The molecule has 0 aliphatic heterocycles. The number of aliphatic imine (C=N–C) groups is 1. The van der Waals surface area contributed by atoms with E-state index < -0.39 is 0 Å². The molecule has 4 heteroatoms. The van der Waals surface area contributed by atoms with Crippen molar-refractivity contribution < 1.29 is 4.79 Å². The molecular weight excluding hydrogens is 214 g/mol. The number of carbonyl (C=O) groups excluding carboxylic acids is 1. The minimum absolute atomic E-state index is 0.351. The number of rotatable bonds is 2. The van der Waals surface area contributed by atoms with Gasteiger partial charge in [0.15, 0.2) is 0 Å². The van der Waals surface area contributed by atoms with Crippen molar-refractivity contribution in [2.24, 2.45) is 4.99 Å². The largest absolute Gasteiger partial charge is 0.282 e. The number of hydrogen-bond acceptors (Lipinski definition) is 3. The summed E-state index contributed by atoms with van der Waals surface area (Å²) in [5.41, 5.74) is 2.72. The summed E-state index contributed by atoms with van der Waals surface area (Å²) in [7, 11) is 0. The highest BCUT2D eigenvalue weighted by molar-refractivity contribution is 5.86. The van der Waals surface area contributed by atoms with Crippen molar-refractivity contribution in [1.29, 1.82) is 0 Å². The molecule has 0 saturated heterocycles. The molecule has 1 aromatic carbocycles. The van der Waals surface area contributed by atoms with E-state index in [2.05, 4.69) is 15.2 Å². The van der Waals surface area contributed by atoms with Crippen molar-refractivity contribution in [3.8, 4) is 0 Å². The monoisotopic (exact) mass is 227 g/mol. The van der Waals surface area contributed by atoms with Crippen LogP contribution in [0.15, 0.2) is 23.2 Å². The van der Waals surface area contributed by atoms with E-state index in [0.29, 0.717) is 0 Å². The van der Waals surface area contributed by atoms with Gasteiger partial charge in [-0.05, 0) is 37.8 Å². The number of nitrogens with zero attached hydrogens (tertiary/aromatic N) is 2. The number of nitrogens with one attached hydrogen (secondary N) is 1. The molecule has 0 unspecified atom stereocenters. The Kier molecular flexibility index (Phi) is 2.13. The van der Waals surface area contributed by atoms with Gasteiger partial charge >= 0.3 is 0 Å². The van der Waals surface area contributed by atoms with Crippen LogP contribution in [0.5, 0.6) is 0 Å². The summed E-state index contributed by atoms with van der Waals surface area (Å²) in [4.78, 5) is 14.7. The number of benzene rings is 1. The summed E-state index contributed by atoms with van der Waals surface area (Å²) in [6.07, 6.45) is 4.68. The number of fused-ring (bicyclic) bond motifs is 1. The number of aryl methyl sites for hydroxylation is 1. The number of aromatic amines is 1. The Morgan fingerprint density at radius 2 is 2.29 bits per heavy atom. The van der Waals surface area contributed by atoms with Crippen LogP contribution in [0.2, 0.25) is 0 Å². The molecule has 1 N–H and O–H groups in total. The third kappa shape index (κ3) is 1.34. The van der Waals surface area contributed by atoms with Crippen LogP contribution in [-0.4, -0.2) is 16.3 Å². The Morgan fingerprint density at radius 1 is 1.47 bits per heavy atom. The molecule has 3 rings (SSSR count). The molecule has 4 nitrogen and oxygen atoms in total. The van der Waals surface area contributed by atoms with Crippen LogP contribution in [0, 0.1) is 6.92 Å².